The summed E-state index contributed by atoms with van der Waals surface area (Å²) < 4.78 is 24.5. The van der Waals surface area contributed by atoms with Crippen molar-refractivity contribution in [1.29, 1.82) is 0 Å². The molecular weight excluding hydrogens is 204 g/mol. The van der Waals surface area contributed by atoms with E-state index in [2.05, 4.69) is 5.32 Å². The molecule has 0 spiro atoms. The van der Waals surface area contributed by atoms with Crippen LogP contribution in [0.25, 0.3) is 0 Å². The molecular formula is C8H14N2O3S. The number of carbonyl (C=O) groups excluding carboxylic acids is 1. The van der Waals surface area contributed by atoms with Crippen LogP contribution in [0.2, 0.25) is 0 Å². The first kappa shape index (κ1) is 9.92. The van der Waals surface area contributed by atoms with Gasteiger partial charge in [-0.05, 0) is 13.8 Å². The van der Waals surface area contributed by atoms with Gasteiger partial charge in [0.2, 0.25) is 15.9 Å². The van der Waals surface area contributed by atoms with Crippen LogP contribution in [0.3, 0.4) is 0 Å². The van der Waals surface area contributed by atoms with E-state index in [0.29, 0.717) is 13.1 Å². The molecule has 2 saturated heterocycles. The number of hydrogen-bond donors (Lipinski definition) is 1. The molecule has 14 heavy (non-hydrogen) atoms. The molecule has 6 heteroatoms. The van der Waals surface area contributed by atoms with Gasteiger partial charge in [-0.15, -0.1) is 0 Å². The fourth-order valence-electron chi connectivity index (χ4n) is 1.84. The van der Waals surface area contributed by atoms with Crippen LogP contribution in [0, 0.1) is 5.41 Å². The average Bonchev–Trinajstić information content (AvgIpc) is 2.04. The van der Waals surface area contributed by atoms with Crippen molar-refractivity contribution in [2.45, 2.75) is 19.9 Å². The van der Waals surface area contributed by atoms with Crippen LogP contribution in [0.1, 0.15) is 13.8 Å². The van der Waals surface area contributed by atoms with E-state index < -0.39 is 15.4 Å². The second kappa shape index (κ2) is 2.70. The summed E-state index contributed by atoms with van der Waals surface area (Å²) in [6.07, 6.45) is 0. The fraction of sp³-hybridized carbons (Fsp3) is 0.875. The number of amides is 1. The lowest BCUT2D eigenvalue weighted by Gasteiger charge is -2.34. The molecule has 0 atom stereocenters. The van der Waals surface area contributed by atoms with E-state index in [1.165, 1.54) is 0 Å². The number of hydrogen-bond acceptors (Lipinski definition) is 4. The third-order valence-corrected chi connectivity index (χ3v) is 4.86. The number of carbonyl (C=O) groups is 1. The van der Waals surface area contributed by atoms with Gasteiger partial charge in [0, 0.05) is 13.1 Å². The van der Waals surface area contributed by atoms with Crippen LogP contribution in [-0.2, 0) is 14.8 Å². The van der Waals surface area contributed by atoms with Gasteiger partial charge in [0.15, 0.2) is 0 Å². The summed E-state index contributed by atoms with van der Waals surface area (Å²) in [4.78, 5) is 11.8. The lowest BCUT2D eigenvalue weighted by atomic mass is 9.94. The number of nitrogens with zero attached hydrogens (tertiary/aromatic N) is 1. The van der Waals surface area contributed by atoms with Crippen molar-refractivity contribution in [3.63, 3.8) is 0 Å². The van der Waals surface area contributed by atoms with Gasteiger partial charge in [0.05, 0.1) is 17.2 Å². The Labute approximate surface area is 83.5 Å². The zero-order valence-electron chi connectivity index (χ0n) is 8.28. The summed E-state index contributed by atoms with van der Waals surface area (Å²) in [5.74, 6) is -0.320. The molecule has 0 aliphatic carbocycles. The zero-order valence-corrected chi connectivity index (χ0v) is 9.10. The molecule has 2 fully saturated rings. The summed E-state index contributed by atoms with van der Waals surface area (Å²) in [6.45, 7) is 4.53. The minimum atomic E-state index is -3.36. The molecule has 1 amide bonds. The second-order valence-electron chi connectivity index (χ2n) is 4.55. The molecule has 2 heterocycles. The molecule has 0 aromatic rings. The van der Waals surface area contributed by atoms with Crippen molar-refractivity contribution in [2.24, 2.45) is 5.41 Å². The Kier molecular flexibility index (Phi) is 1.91. The minimum Gasteiger partial charge on any atom is -0.312 e. The second-order valence-corrected chi connectivity index (χ2v) is 6.40. The van der Waals surface area contributed by atoms with Gasteiger partial charge in [-0.2, -0.15) is 0 Å². The number of sulfonamides is 1. The molecule has 2 rings (SSSR count). The molecule has 0 radical (unpaired) electrons. The van der Waals surface area contributed by atoms with E-state index in [9.17, 15) is 13.2 Å². The zero-order chi connectivity index (χ0) is 10.6. The van der Waals surface area contributed by atoms with Crippen LogP contribution in [-0.4, -0.2) is 43.5 Å². The van der Waals surface area contributed by atoms with Gasteiger partial charge in [0.25, 0.3) is 0 Å². The molecule has 2 aliphatic rings. The van der Waals surface area contributed by atoms with Crippen molar-refractivity contribution in [3.8, 4) is 0 Å². The Morgan fingerprint density at radius 1 is 1.43 bits per heavy atom. The summed E-state index contributed by atoms with van der Waals surface area (Å²) >= 11 is 0. The monoisotopic (exact) mass is 218 g/mol. The average molecular weight is 218 g/mol. The van der Waals surface area contributed by atoms with Crippen LogP contribution in [0.5, 0.6) is 0 Å². The Hall–Kier alpha value is -0.620. The number of nitrogens with one attached hydrogen (secondary N) is 1. The first-order chi connectivity index (χ1) is 6.34. The smallest absolute Gasteiger partial charge is 0.243 e. The summed E-state index contributed by atoms with van der Waals surface area (Å²) in [5.41, 5.74) is -0.756. The molecule has 2 aliphatic heterocycles. The third-order valence-electron chi connectivity index (χ3n) is 2.71. The highest BCUT2D eigenvalue weighted by atomic mass is 32.2. The maximum atomic E-state index is 11.8. The maximum Gasteiger partial charge on any atom is 0.243 e. The first-order valence-corrected chi connectivity index (χ1v) is 6.23. The summed E-state index contributed by atoms with van der Waals surface area (Å²) in [6, 6.07) is -0.158. The maximum absolute atomic E-state index is 11.8. The Morgan fingerprint density at radius 2 is 2.00 bits per heavy atom. The molecule has 1 N–H and O–H groups in total. The largest absolute Gasteiger partial charge is 0.312 e. The van der Waals surface area contributed by atoms with Crippen molar-refractivity contribution in [1.82, 2.24) is 9.62 Å². The van der Waals surface area contributed by atoms with Gasteiger partial charge in [0.1, 0.15) is 0 Å². The SMILES string of the molecule is CC1(C)CS(=O)(=O)N(C2CNC2)C1=O. The quantitative estimate of drug-likeness (QED) is 0.623. The van der Waals surface area contributed by atoms with Crippen molar-refractivity contribution < 1.29 is 13.2 Å². The number of rotatable bonds is 1. The van der Waals surface area contributed by atoms with E-state index in [0.717, 1.165) is 4.31 Å². The van der Waals surface area contributed by atoms with E-state index in [4.69, 9.17) is 0 Å². The van der Waals surface area contributed by atoms with Crippen LogP contribution >= 0.6 is 0 Å². The van der Waals surface area contributed by atoms with Crippen LogP contribution < -0.4 is 5.32 Å². The van der Waals surface area contributed by atoms with Gasteiger partial charge in [-0.3, -0.25) is 4.79 Å². The lowest BCUT2D eigenvalue weighted by molar-refractivity contribution is -0.134. The summed E-state index contributed by atoms with van der Waals surface area (Å²) in [5, 5.41) is 2.97. The highest BCUT2D eigenvalue weighted by Gasteiger charge is 2.52. The normalized spacial score (nSPS) is 30.4. The predicted molar refractivity (Wildman–Crippen MR) is 51.1 cm³/mol. The molecule has 5 nitrogen and oxygen atoms in total. The van der Waals surface area contributed by atoms with Crippen LogP contribution in [0.4, 0.5) is 0 Å². The van der Waals surface area contributed by atoms with Gasteiger partial charge in [-0.25, -0.2) is 12.7 Å². The molecule has 0 saturated carbocycles. The predicted octanol–water partition coefficient (Wildman–Crippen LogP) is -0.844. The molecule has 80 valence electrons. The van der Waals surface area contributed by atoms with Crippen LogP contribution in [0.15, 0.2) is 0 Å². The lowest BCUT2D eigenvalue weighted by Crippen LogP contribution is -2.59. The van der Waals surface area contributed by atoms with E-state index in [1.54, 1.807) is 13.8 Å². The Morgan fingerprint density at radius 3 is 2.29 bits per heavy atom. The topological polar surface area (TPSA) is 66.5 Å². The molecule has 0 aromatic carbocycles. The van der Waals surface area contributed by atoms with E-state index >= 15 is 0 Å². The van der Waals surface area contributed by atoms with Crippen molar-refractivity contribution >= 4 is 15.9 Å². The van der Waals surface area contributed by atoms with Crippen molar-refractivity contribution in [3.05, 3.63) is 0 Å². The standard InChI is InChI=1S/C8H14N2O3S/c1-8(2)5-14(12,13)10(7(8)11)6-3-9-4-6/h6,9H,3-5H2,1-2H3. The van der Waals surface area contributed by atoms with E-state index in [1.807, 2.05) is 0 Å². The van der Waals surface area contributed by atoms with Gasteiger partial charge < -0.3 is 5.32 Å². The highest BCUT2D eigenvalue weighted by Crippen LogP contribution is 2.33. The van der Waals surface area contributed by atoms with Gasteiger partial charge in [-0.1, -0.05) is 0 Å². The summed E-state index contributed by atoms with van der Waals surface area (Å²) in [7, 11) is -3.36. The molecule has 0 bridgehead atoms. The first-order valence-electron chi connectivity index (χ1n) is 4.62. The highest BCUT2D eigenvalue weighted by molar-refractivity contribution is 7.90. The van der Waals surface area contributed by atoms with E-state index in [-0.39, 0.29) is 17.7 Å². The molecule has 0 aromatic heterocycles. The van der Waals surface area contributed by atoms with Gasteiger partial charge >= 0.3 is 0 Å². The molecule has 0 unspecified atom stereocenters. The Balaban J connectivity index is 2.35. The minimum absolute atomic E-state index is 0.0602. The Bertz CT molecular complexity index is 370. The van der Waals surface area contributed by atoms with Crippen molar-refractivity contribution in [2.75, 3.05) is 18.8 Å². The fourth-order valence-corrected chi connectivity index (χ4v) is 4.12. The third kappa shape index (κ3) is 1.25.